The van der Waals surface area contributed by atoms with E-state index >= 15 is 0 Å². The van der Waals surface area contributed by atoms with Gasteiger partial charge in [0.05, 0.1) is 0 Å². The number of hydrogen-bond acceptors (Lipinski definition) is 4. The first kappa shape index (κ1) is 43.6. The molecule has 0 aromatic heterocycles. The first-order chi connectivity index (χ1) is 19.2. The van der Waals surface area contributed by atoms with Crippen LogP contribution in [0.15, 0.2) is 121 Å². The third-order valence-electron chi connectivity index (χ3n) is 5.09. The average molecular weight is 705 g/mol. The molecule has 0 aliphatic rings. The average Bonchev–Trinajstić information content (AvgIpc) is 3.02. The Kier molecular flexibility index (Phi) is 31.5. The fourth-order valence-electron chi connectivity index (χ4n) is 2.90. The Morgan fingerprint density at radius 1 is 0.293 bits per heavy atom. The summed E-state index contributed by atoms with van der Waals surface area (Å²) in [6.07, 6.45) is 0. The monoisotopic (exact) mass is 706 g/mol. The van der Waals surface area contributed by atoms with Gasteiger partial charge in [-0.1, -0.05) is 153 Å². The molecule has 0 heterocycles. The van der Waals surface area contributed by atoms with Gasteiger partial charge in [0.1, 0.15) is 0 Å². The maximum absolute atomic E-state index is 6.00. The van der Waals surface area contributed by atoms with E-state index < -0.39 is 0 Å². The van der Waals surface area contributed by atoms with Gasteiger partial charge in [0, 0.05) is 42.6 Å². The van der Waals surface area contributed by atoms with E-state index in [0.29, 0.717) is 0 Å². The van der Waals surface area contributed by atoms with Crippen molar-refractivity contribution in [1.29, 1.82) is 21.6 Å². The van der Waals surface area contributed by atoms with Gasteiger partial charge < -0.3 is 0 Å². The third kappa shape index (κ3) is 23.4. The van der Waals surface area contributed by atoms with Crippen LogP contribution in [0.25, 0.3) is 0 Å². The summed E-state index contributed by atoms with van der Waals surface area (Å²) in [5, 5.41) is 29.9. The number of nitrogens with zero attached hydrogens (tertiary/aromatic N) is 4. The van der Waals surface area contributed by atoms with Crippen LogP contribution < -0.4 is 21.2 Å². The normalized spacial score (nSPS) is 8.98. The van der Waals surface area contributed by atoms with Crippen LogP contribution in [0.3, 0.4) is 0 Å². The minimum Gasteiger partial charge on any atom is -0.0817 e. The van der Waals surface area contributed by atoms with E-state index in [1.165, 1.54) is 21.2 Å². The minimum atomic E-state index is 0. The molecular formula is C32H44MoN4P4. The summed E-state index contributed by atoms with van der Waals surface area (Å²) in [5.41, 5.74) is 0. The molecule has 4 aromatic carbocycles. The van der Waals surface area contributed by atoms with Crippen molar-refractivity contribution >= 4 is 52.9 Å². The Balaban J connectivity index is -0.000000447. The summed E-state index contributed by atoms with van der Waals surface area (Å²) in [6.45, 7) is 18.1. The zero-order chi connectivity index (χ0) is 30.8. The Morgan fingerprint density at radius 3 is 0.488 bits per heavy atom. The smallest absolute Gasteiger partial charge is 0 e. The largest absolute Gasteiger partial charge is 0.0817 e. The second-order valence-electron chi connectivity index (χ2n) is 8.92. The molecule has 0 atom stereocenters. The Labute approximate surface area is 268 Å². The summed E-state index contributed by atoms with van der Waals surface area (Å²) in [4.78, 5) is 0. The molecule has 41 heavy (non-hydrogen) atoms. The first-order valence-electron chi connectivity index (χ1n) is 12.5. The maximum Gasteiger partial charge on any atom is 0 e. The van der Waals surface area contributed by atoms with E-state index in [1.54, 1.807) is 0 Å². The van der Waals surface area contributed by atoms with Crippen LogP contribution in [0.5, 0.6) is 0 Å². The van der Waals surface area contributed by atoms with E-state index in [1.807, 2.05) is 0 Å². The van der Waals surface area contributed by atoms with Gasteiger partial charge in [0.2, 0.25) is 0 Å². The molecule has 0 fully saturated rings. The molecule has 4 nitrogen and oxygen atoms in total. The summed E-state index contributed by atoms with van der Waals surface area (Å²) in [5.74, 6) is 0. The van der Waals surface area contributed by atoms with Crippen molar-refractivity contribution in [2.45, 2.75) is 0 Å². The van der Waals surface area contributed by atoms with E-state index in [9.17, 15) is 0 Å². The van der Waals surface area contributed by atoms with Crippen LogP contribution in [-0.4, -0.2) is 53.3 Å². The van der Waals surface area contributed by atoms with Crippen LogP contribution in [-0.2, 0) is 21.1 Å². The second kappa shape index (κ2) is 29.6. The fourth-order valence-corrected chi connectivity index (χ4v) is 5.98. The van der Waals surface area contributed by atoms with Crippen LogP contribution in [0, 0.1) is 21.6 Å². The second-order valence-corrected chi connectivity index (χ2v) is 18.1. The van der Waals surface area contributed by atoms with E-state index in [0.717, 1.165) is 0 Å². The van der Waals surface area contributed by atoms with E-state index in [4.69, 9.17) is 21.6 Å². The van der Waals surface area contributed by atoms with Crippen LogP contribution >= 0.6 is 31.7 Å². The Bertz CT molecular complexity index is 948. The molecule has 0 saturated carbocycles. The van der Waals surface area contributed by atoms with Gasteiger partial charge >= 0.3 is 0 Å². The van der Waals surface area contributed by atoms with Crippen molar-refractivity contribution in [3.63, 3.8) is 0 Å². The van der Waals surface area contributed by atoms with Gasteiger partial charge in [0.25, 0.3) is 0 Å². The number of benzene rings is 4. The van der Waals surface area contributed by atoms with E-state index in [2.05, 4.69) is 175 Å². The molecule has 4 aromatic rings. The molecule has 9 heteroatoms. The van der Waals surface area contributed by atoms with Crippen molar-refractivity contribution in [1.82, 2.24) is 0 Å². The Morgan fingerprint density at radius 2 is 0.415 bits per heavy atom. The van der Waals surface area contributed by atoms with Gasteiger partial charge in [-0.3, -0.25) is 0 Å². The fraction of sp³-hybridized carbons (Fsp3) is 0.250. The molecule has 0 unspecified atom stereocenters. The van der Waals surface area contributed by atoms with E-state index in [-0.39, 0.29) is 52.8 Å². The number of hydrogen-bond donors (Lipinski definition) is 0. The Hall–Kier alpha value is -1.87. The van der Waals surface area contributed by atoms with Crippen molar-refractivity contribution < 1.29 is 21.1 Å². The molecule has 0 radical (unpaired) electrons. The third-order valence-corrected chi connectivity index (χ3v) is 10.4. The molecule has 0 aliphatic heterocycles. The van der Waals surface area contributed by atoms with Crippen molar-refractivity contribution in [3.8, 4) is 0 Å². The molecule has 0 amide bonds. The summed E-state index contributed by atoms with van der Waals surface area (Å²) < 4.78 is 0. The van der Waals surface area contributed by atoms with Crippen LogP contribution in [0.4, 0.5) is 0 Å². The zero-order valence-corrected chi connectivity index (χ0v) is 31.1. The predicted octanol–water partition coefficient (Wildman–Crippen LogP) is 8.27. The predicted molar refractivity (Wildman–Crippen MR) is 186 cm³/mol. The standard InChI is InChI=1S/4C8H11P.Mo.2N2/c4*1-9(2)8-6-4-3-5-7-8;;2*1-2/h4*3-7H,1-2H3;;;. The van der Waals surface area contributed by atoms with Crippen molar-refractivity contribution in [2.75, 3.05) is 53.3 Å². The molecule has 4 rings (SSSR count). The number of rotatable bonds is 4. The quantitative estimate of drug-likeness (QED) is 0.121. The summed E-state index contributed by atoms with van der Waals surface area (Å²) >= 11 is 0. The van der Waals surface area contributed by atoms with Crippen molar-refractivity contribution in [3.05, 3.63) is 121 Å². The molecule has 218 valence electrons. The molecule has 0 aliphatic carbocycles. The molecule has 0 bridgehead atoms. The SMILES string of the molecule is CP(C)c1ccccc1.CP(C)c1ccccc1.CP(C)c1ccccc1.CP(C)c1ccccc1.N#N.N#N.[Mo]. The summed E-state index contributed by atoms with van der Waals surface area (Å²) in [7, 11) is 0.418. The van der Waals surface area contributed by atoms with Gasteiger partial charge in [0.15, 0.2) is 0 Å². The van der Waals surface area contributed by atoms with Gasteiger partial charge in [-0.2, -0.15) is 0 Å². The van der Waals surface area contributed by atoms with Crippen molar-refractivity contribution in [2.24, 2.45) is 0 Å². The van der Waals surface area contributed by atoms with Crippen LogP contribution in [0.1, 0.15) is 0 Å². The molecule has 0 saturated heterocycles. The molecular weight excluding hydrogens is 660 g/mol. The summed E-state index contributed by atoms with van der Waals surface area (Å²) in [6, 6.07) is 42.5. The molecule has 0 spiro atoms. The zero-order valence-electron chi connectivity index (χ0n) is 25.5. The van der Waals surface area contributed by atoms with Crippen LogP contribution in [0.2, 0.25) is 0 Å². The topological polar surface area (TPSA) is 95.2 Å². The maximum atomic E-state index is 6.00. The minimum absolute atomic E-state index is 0. The van der Waals surface area contributed by atoms with Gasteiger partial charge in [-0.15, -0.1) is 0 Å². The van der Waals surface area contributed by atoms with Gasteiger partial charge in [-0.05, 0) is 74.5 Å². The first-order valence-corrected chi connectivity index (χ1v) is 21.5. The molecule has 0 N–H and O–H groups in total. The van der Waals surface area contributed by atoms with Gasteiger partial charge in [-0.25, -0.2) is 0 Å².